The van der Waals surface area contributed by atoms with Crippen LogP contribution in [0.2, 0.25) is 0 Å². The molecule has 0 atom stereocenters. The van der Waals surface area contributed by atoms with Gasteiger partial charge in [-0.3, -0.25) is 9.59 Å². The molecule has 0 aliphatic carbocycles. The highest BCUT2D eigenvalue weighted by Gasteiger charge is 1.81. The van der Waals surface area contributed by atoms with Crippen molar-refractivity contribution in [2.75, 3.05) is 6.61 Å². The number of carboxylic acid groups (broad SMARTS) is 1. The van der Waals surface area contributed by atoms with Crippen molar-refractivity contribution in [1.82, 2.24) is 0 Å². The SMILES string of the molecule is CC(=O)O.CCOC(C)=O.O.c1ccccc1. The molecule has 5 heteroatoms. The first-order chi connectivity index (χ1) is 7.50. The van der Waals surface area contributed by atoms with Gasteiger partial charge in [-0.25, -0.2) is 0 Å². The van der Waals surface area contributed by atoms with Gasteiger partial charge in [0.05, 0.1) is 6.61 Å². The molecule has 1 rings (SSSR count). The minimum absolute atomic E-state index is 0. The molecular weight excluding hydrogens is 224 g/mol. The minimum atomic E-state index is -0.833. The van der Waals surface area contributed by atoms with Crippen molar-refractivity contribution in [2.45, 2.75) is 20.8 Å². The van der Waals surface area contributed by atoms with E-state index < -0.39 is 5.97 Å². The third-order valence-electron chi connectivity index (χ3n) is 1.01. The van der Waals surface area contributed by atoms with E-state index in [-0.39, 0.29) is 11.4 Å². The largest absolute Gasteiger partial charge is 0.481 e. The van der Waals surface area contributed by atoms with Crippen LogP contribution in [0.15, 0.2) is 36.4 Å². The summed E-state index contributed by atoms with van der Waals surface area (Å²) in [6, 6.07) is 12.0. The van der Waals surface area contributed by atoms with Crippen molar-refractivity contribution in [1.29, 1.82) is 0 Å². The van der Waals surface area contributed by atoms with E-state index in [0.29, 0.717) is 6.61 Å². The van der Waals surface area contributed by atoms with Gasteiger partial charge in [-0.1, -0.05) is 36.4 Å². The van der Waals surface area contributed by atoms with Gasteiger partial charge in [-0.2, -0.15) is 0 Å². The molecule has 0 bridgehead atoms. The number of aliphatic carboxylic acids is 1. The van der Waals surface area contributed by atoms with Gasteiger partial charge >= 0.3 is 5.97 Å². The smallest absolute Gasteiger partial charge is 0.302 e. The van der Waals surface area contributed by atoms with Gasteiger partial charge in [0.15, 0.2) is 0 Å². The lowest BCUT2D eigenvalue weighted by atomic mass is 10.4. The predicted molar refractivity (Wildman–Crippen MR) is 65.7 cm³/mol. The van der Waals surface area contributed by atoms with Crippen molar-refractivity contribution in [3.05, 3.63) is 36.4 Å². The summed E-state index contributed by atoms with van der Waals surface area (Å²) in [7, 11) is 0. The molecule has 98 valence electrons. The van der Waals surface area contributed by atoms with Gasteiger partial charge in [-0.05, 0) is 6.92 Å². The zero-order valence-corrected chi connectivity index (χ0v) is 10.3. The van der Waals surface area contributed by atoms with E-state index in [4.69, 9.17) is 9.90 Å². The molecule has 0 spiro atoms. The second kappa shape index (κ2) is 16.5. The van der Waals surface area contributed by atoms with Crippen molar-refractivity contribution in [3.63, 3.8) is 0 Å². The number of carbonyl (C=O) groups is 2. The van der Waals surface area contributed by atoms with E-state index in [1.165, 1.54) is 6.92 Å². The number of carboxylic acids is 1. The molecule has 0 aromatic heterocycles. The van der Waals surface area contributed by atoms with Crippen LogP contribution in [0.1, 0.15) is 20.8 Å². The molecule has 0 saturated carbocycles. The van der Waals surface area contributed by atoms with E-state index in [2.05, 4.69) is 4.74 Å². The molecule has 0 aliphatic heterocycles. The van der Waals surface area contributed by atoms with Crippen LogP contribution < -0.4 is 0 Å². The second-order valence-corrected chi connectivity index (χ2v) is 2.60. The molecule has 0 amide bonds. The summed E-state index contributed by atoms with van der Waals surface area (Å²) < 4.78 is 4.40. The van der Waals surface area contributed by atoms with Crippen LogP contribution in [0.5, 0.6) is 0 Å². The van der Waals surface area contributed by atoms with Crippen molar-refractivity contribution in [3.8, 4) is 0 Å². The Labute approximate surface area is 101 Å². The van der Waals surface area contributed by atoms with Crippen LogP contribution in [-0.2, 0) is 14.3 Å². The Bertz CT molecular complexity index is 241. The topological polar surface area (TPSA) is 95.1 Å². The number of ether oxygens (including phenoxy) is 1. The Morgan fingerprint density at radius 2 is 1.24 bits per heavy atom. The van der Waals surface area contributed by atoms with E-state index in [1.807, 2.05) is 36.4 Å². The number of benzene rings is 1. The molecule has 0 unspecified atom stereocenters. The molecule has 1 aromatic carbocycles. The second-order valence-electron chi connectivity index (χ2n) is 2.60. The Hall–Kier alpha value is -1.88. The number of carbonyl (C=O) groups excluding carboxylic acids is 1. The van der Waals surface area contributed by atoms with E-state index >= 15 is 0 Å². The number of hydrogen-bond acceptors (Lipinski definition) is 3. The summed E-state index contributed by atoms with van der Waals surface area (Å²) in [5.41, 5.74) is 0. The predicted octanol–water partition coefficient (Wildman–Crippen LogP) is 1.52. The lowest BCUT2D eigenvalue weighted by Gasteiger charge is -1.89. The molecule has 3 N–H and O–H groups in total. The quantitative estimate of drug-likeness (QED) is 0.757. The molecular formula is C12H20O5. The maximum atomic E-state index is 9.82. The standard InChI is InChI=1S/C6H6.C4H8O2.C2H4O2.H2O/c1-2-4-6-5-3-1;1-3-6-4(2)5;1-2(3)4;/h1-6H;3H2,1-2H3;1H3,(H,3,4);1H2. The van der Waals surface area contributed by atoms with Gasteiger partial charge in [0.2, 0.25) is 0 Å². The van der Waals surface area contributed by atoms with Crippen LogP contribution in [0.3, 0.4) is 0 Å². The summed E-state index contributed by atoms with van der Waals surface area (Å²) >= 11 is 0. The van der Waals surface area contributed by atoms with Gasteiger partial charge < -0.3 is 15.3 Å². The van der Waals surface area contributed by atoms with E-state index in [0.717, 1.165) is 6.92 Å². The first kappa shape index (κ1) is 20.5. The van der Waals surface area contributed by atoms with Crippen LogP contribution >= 0.6 is 0 Å². The van der Waals surface area contributed by atoms with Crippen molar-refractivity contribution in [2.24, 2.45) is 0 Å². The first-order valence-electron chi connectivity index (χ1n) is 4.83. The fraction of sp³-hybridized carbons (Fsp3) is 0.333. The molecule has 1 aromatic rings. The maximum absolute atomic E-state index is 9.82. The molecule has 5 nitrogen and oxygen atoms in total. The van der Waals surface area contributed by atoms with Gasteiger partial charge in [0.1, 0.15) is 0 Å². The van der Waals surface area contributed by atoms with Crippen molar-refractivity contribution >= 4 is 11.9 Å². The summed E-state index contributed by atoms with van der Waals surface area (Å²) in [5, 5.41) is 7.42. The van der Waals surface area contributed by atoms with Gasteiger partial charge in [0.25, 0.3) is 5.97 Å². The monoisotopic (exact) mass is 244 g/mol. The lowest BCUT2D eigenvalue weighted by molar-refractivity contribution is -0.140. The highest BCUT2D eigenvalue weighted by molar-refractivity contribution is 5.65. The Balaban J connectivity index is -0.000000172. The van der Waals surface area contributed by atoms with Crippen molar-refractivity contribution < 1.29 is 24.9 Å². The van der Waals surface area contributed by atoms with Crippen LogP contribution in [0.4, 0.5) is 0 Å². The average Bonchev–Trinajstić information content (AvgIpc) is 2.20. The number of hydrogen-bond donors (Lipinski definition) is 1. The van der Waals surface area contributed by atoms with Crippen LogP contribution in [-0.4, -0.2) is 29.1 Å². The van der Waals surface area contributed by atoms with Crippen LogP contribution in [0, 0.1) is 0 Å². The van der Waals surface area contributed by atoms with E-state index in [1.54, 1.807) is 6.92 Å². The first-order valence-corrected chi connectivity index (χ1v) is 4.83. The summed E-state index contributed by atoms with van der Waals surface area (Å²) in [4.78, 5) is 18.8. The number of esters is 1. The normalized spacial score (nSPS) is 7.00. The Kier molecular flexibility index (Phi) is 20.0. The fourth-order valence-corrected chi connectivity index (χ4v) is 0.588. The highest BCUT2D eigenvalue weighted by atomic mass is 16.5. The third-order valence-corrected chi connectivity index (χ3v) is 1.01. The minimum Gasteiger partial charge on any atom is -0.481 e. The number of rotatable bonds is 1. The molecule has 0 heterocycles. The molecule has 17 heavy (non-hydrogen) atoms. The maximum Gasteiger partial charge on any atom is 0.302 e. The van der Waals surface area contributed by atoms with E-state index in [9.17, 15) is 4.79 Å². The zero-order valence-electron chi connectivity index (χ0n) is 10.3. The average molecular weight is 244 g/mol. The fourth-order valence-electron chi connectivity index (χ4n) is 0.588. The molecule has 0 saturated heterocycles. The highest BCUT2D eigenvalue weighted by Crippen LogP contribution is 1.79. The van der Waals surface area contributed by atoms with Crippen LogP contribution in [0.25, 0.3) is 0 Å². The molecule has 0 aliphatic rings. The summed E-state index contributed by atoms with van der Waals surface area (Å²) in [6.45, 7) is 4.74. The Morgan fingerprint density at radius 1 is 1.00 bits per heavy atom. The zero-order chi connectivity index (χ0) is 12.8. The summed E-state index contributed by atoms with van der Waals surface area (Å²) in [5.74, 6) is -1.04. The summed E-state index contributed by atoms with van der Waals surface area (Å²) in [6.07, 6.45) is 0. The Morgan fingerprint density at radius 3 is 1.29 bits per heavy atom. The molecule has 0 fully saturated rings. The van der Waals surface area contributed by atoms with Gasteiger partial charge in [-0.15, -0.1) is 0 Å². The van der Waals surface area contributed by atoms with Gasteiger partial charge in [0, 0.05) is 13.8 Å². The molecule has 0 radical (unpaired) electrons. The third kappa shape index (κ3) is 40.9. The lowest BCUT2D eigenvalue weighted by Crippen LogP contribution is -1.95.